The summed E-state index contributed by atoms with van der Waals surface area (Å²) >= 11 is 0. The average molecular weight is 489 g/mol. The first-order chi connectivity index (χ1) is 17.1. The lowest BCUT2D eigenvalue weighted by Crippen LogP contribution is -2.44. The van der Waals surface area contributed by atoms with Crippen LogP contribution in [-0.4, -0.2) is 24.7 Å². The number of carbonyl (C=O) groups excluding carboxylic acids is 3. The number of hydrogen-bond acceptors (Lipinski definition) is 5. The minimum atomic E-state index is -0.105. The van der Waals surface area contributed by atoms with Gasteiger partial charge < -0.3 is 15.8 Å². The van der Waals surface area contributed by atoms with Crippen molar-refractivity contribution in [2.24, 2.45) is 5.41 Å². The van der Waals surface area contributed by atoms with E-state index in [2.05, 4.69) is 81.5 Å². The Morgan fingerprint density at radius 2 is 1.56 bits per heavy atom. The van der Waals surface area contributed by atoms with Gasteiger partial charge in [0.05, 0.1) is 12.3 Å². The molecule has 3 rings (SSSR count). The Labute approximate surface area is 213 Å². The zero-order chi connectivity index (χ0) is 26.6. The van der Waals surface area contributed by atoms with Crippen molar-refractivity contribution in [1.82, 2.24) is 5.32 Å². The normalized spacial score (nSPS) is 11.4. The van der Waals surface area contributed by atoms with Crippen molar-refractivity contribution < 1.29 is 19.1 Å². The predicted octanol–water partition coefficient (Wildman–Crippen LogP) is 5.39. The third-order valence-electron chi connectivity index (χ3n) is 5.96. The fraction of sp³-hybridized carbons (Fsp3) is 0.333. The van der Waals surface area contributed by atoms with Crippen LogP contribution in [0.25, 0.3) is 0 Å². The summed E-state index contributed by atoms with van der Waals surface area (Å²) in [5.74, 6) is 0.442. The highest BCUT2D eigenvalue weighted by molar-refractivity contribution is 5.95. The summed E-state index contributed by atoms with van der Waals surface area (Å²) in [6.07, 6.45) is 2.81. The van der Waals surface area contributed by atoms with E-state index >= 15 is 0 Å². The number of nitrogens with one attached hydrogen (secondary N) is 1. The second kappa shape index (κ2) is 13.9. The van der Waals surface area contributed by atoms with Gasteiger partial charge in [-0.25, -0.2) is 0 Å². The Morgan fingerprint density at radius 1 is 0.944 bits per heavy atom. The van der Waals surface area contributed by atoms with Gasteiger partial charge in [0.2, 0.25) is 0 Å². The minimum Gasteiger partial charge on any atom is -0.491 e. The van der Waals surface area contributed by atoms with Crippen LogP contribution >= 0.6 is 0 Å². The van der Waals surface area contributed by atoms with E-state index in [0.29, 0.717) is 23.6 Å². The lowest BCUT2D eigenvalue weighted by molar-refractivity contribution is -0.191. The van der Waals surface area contributed by atoms with E-state index in [4.69, 9.17) is 20.1 Å². The van der Waals surface area contributed by atoms with E-state index in [1.54, 1.807) is 18.2 Å². The van der Waals surface area contributed by atoms with E-state index in [9.17, 15) is 4.79 Å². The van der Waals surface area contributed by atoms with Crippen LogP contribution in [0.15, 0.2) is 72.8 Å². The van der Waals surface area contributed by atoms with Crippen LogP contribution in [0.2, 0.25) is 0 Å². The van der Waals surface area contributed by atoms with Crippen molar-refractivity contribution in [2.75, 3.05) is 12.3 Å². The van der Waals surface area contributed by atoms with Crippen LogP contribution in [-0.2, 0) is 22.4 Å². The first kappa shape index (κ1) is 28.3. The first-order valence-corrected chi connectivity index (χ1v) is 12.1. The summed E-state index contributed by atoms with van der Waals surface area (Å²) in [6.45, 7) is 9.05. The third-order valence-corrected chi connectivity index (χ3v) is 5.96. The molecule has 1 amide bonds. The number of hydrogen-bond donors (Lipinski definition) is 2. The molecule has 0 heterocycles. The maximum Gasteiger partial charge on any atom is 0.373 e. The molecule has 0 fully saturated rings. The lowest BCUT2D eigenvalue weighted by atomic mass is 9.83. The largest absolute Gasteiger partial charge is 0.491 e. The van der Waals surface area contributed by atoms with Gasteiger partial charge >= 0.3 is 6.15 Å². The van der Waals surface area contributed by atoms with Crippen LogP contribution in [0.1, 0.15) is 54.2 Å². The number of amides is 1. The molecular weight excluding hydrogens is 452 g/mol. The fourth-order valence-corrected chi connectivity index (χ4v) is 3.75. The fourth-order valence-electron chi connectivity index (χ4n) is 3.75. The quantitative estimate of drug-likeness (QED) is 0.393. The van der Waals surface area contributed by atoms with E-state index in [1.165, 1.54) is 16.7 Å². The second-order valence-corrected chi connectivity index (χ2v) is 9.84. The molecule has 0 saturated heterocycles. The topological polar surface area (TPSA) is 98.5 Å². The molecule has 3 aromatic carbocycles. The Bertz CT molecular complexity index is 1130. The Kier molecular flexibility index (Phi) is 10.9. The molecule has 3 aromatic rings. The maximum absolute atomic E-state index is 13.1. The zero-order valence-electron chi connectivity index (χ0n) is 21.5. The van der Waals surface area contributed by atoms with E-state index in [1.807, 2.05) is 6.07 Å². The highest BCUT2D eigenvalue weighted by atomic mass is 16.5. The van der Waals surface area contributed by atoms with Gasteiger partial charge in [0.25, 0.3) is 5.91 Å². The van der Waals surface area contributed by atoms with Crippen molar-refractivity contribution in [3.8, 4) is 5.75 Å². The van der Waals surface area contributed by atoms with E-state index in [0.717, 1.165) is 19.3 Å². The van der Waals surface area contributed by atoms with E-state index < -0.39 is 0 Å². The second-order valence-electron chi connectivity index (χ2n) is 9.84. The minimum absolute atomic E-state index is 0.0358. The van der Waals surface area contributed by atoms with Crippen LogP contribution < -0.4 is 15.8 Å². The lowest BCUT2D eigenvalue weighted by Gasteiger charge is -2.32. The molecule has 0 bridgehead atoms. The molecule has 0 saturated carbocycles. The summed E-state index contributed by atoms with van der Waals surface area (Å²) in [5, 5.41) is 3.24. The number of ether oxygens (including phenoxy) is 1. The van der Waals surface area contributed by atoms with Crippen molar-refractivity contribution in [2.45, 2.75) is 53.0 Å². The molecule has 6 nitrogen and oxygen atoms in total. The smallest absolute Gasteiger partial charge is 0.373 e. The standard InChI is InChI=1S/C29H36N2O2.CO2/c1-21-10-12-23(13-11-21)18-19-33-26-20-24(15-16-25(26)30)28(32)31-27(29(2,3)4)17-14-22-8-6-5-7-9-22;2-1-3/h5-13,15-16,20,27H,14,17-19,30H2,1-4H3,(H,31,32);/t27-;/m0./s1. The van der Waals surface area contributed by atoms with E-state index in [-0.39, 0.29) is 23.5 Å². The van der Waals surface area contributed by atoms with Crippen molar-refractivity contribution in [1.29, 1.82) is 0 Å². The Balaban J connectivity index is 0.00000145. The SMILES string of the molecule is Cc1ccc(CCOc2cc(C(=O)N[C@@H](CCc3ccccc3)C(C)(C)C)ccc2N)cc1.O=C=O. The summed E-state index contributed by atoms with van der Waals surface area (Å²) in [6, 6.07) is 24.1. The van der Waals surface area contributed by atoms with Gasteiger partial charge in [0, 0.05) is 18.0 Å². The Morgan fingerprint density at radius 3 is 2.17 bits per heavy atom. The molecule has 1 atom stereocenters. The molecule has 0 spiro atoms. The Hall–Kier alpha value is -3.89. The van der Waals surface area contributed by atoms with Crippen LogP contribution in [0.5, 0.6) is 5.75 Å². The summed E-state index contributed by atoms with van der Waals surface area (Å²) in [5.41, 5.74) is 10.9. The maximum atomic E-state index is 13.1. The highest BCUT2D eigenvalue weighted by Gasteiger charge is 2.26. The third kappa shape index (κ3) is 9.40. The molecule has 0 aliphatic heterocycles. The number of nitrogens with two attached hydrogens (primary N) is 1. The number of aryl methyl sites for hydroxylation is 2. The average Bonchev–Trinajstić information content (AvgIpc) is 2.84. The monoisotopic (exact) mass is 488 g/mol. The van der Waals surface area contributed by atoms with Gasteiger partial charge in [-0.05, 0) is 54.5 Å². The van der Waals surface area contributed by atoms with Crippen molar-refractivity contribution in [3.05, 3.63) is 95.1 Å². The van der Waals surface area contributed by atoms with Crippen molar-refractivity contribution in [3.63, 3.8) is 0 Å². The molecule has 3 N–H and O–H groups in total. The van der Waals surface area contributed by atoms with Gasteiger partial charge in [-0.3, -0.25) is 4.79 Å². The summed E-state index contributed by atoms with van der Waals surface area (Å²) in [4.78, 5) is 29.3. The number of anilines is 1. The van der Waals surface area contributed by atoms with Gasteiger partial charge in [-0.2, -0.15) is 9.59 Å². The number of rotatable bonds is 9. The van der Waals surface area contributed by atoms with Crippen LogP contribution in [0, 0.1) is 12.3 Å². The molecule has 190 valence electrons. The van der Waals surface area contributed by atoms with Gasteiger partial charge in [-0.1, -0.05) is 80.9 Å². The number of carbonyl (C=O) groups is 1. The first-order valence-electron chi connectivity index (χ1n) is 12.1. The van der Waals surface area contributed by atoms with Crippen molar-refractivity contribution >= 4 is 17.7 Å². The van der Waals surface area contributed by atoms with Crippen LogP contribution in [0.3, 0.4) is 0 Å². The molecule has 36 heavy (non-hydrogen) atoms. The molecule has 0 aliphatic carbocycles. The van der Waals surface area contributed by atoms with Gasteiger partial charge in [0.15, 0.2) is 0 Å². The van der Waals surface area contributed by atoms with Crippen LogP contribution in [0.4, 0.5) is 5.69 Å². The molecule has 0 radical (unpaired) electrons. The molecule has 6 heteroatoms. The number of benzene rings is 3. The van der Waals surface area contributed by atoms with Gasteiger partial charge in [0.1, 0.15) is 5.75 Å². The zero-order valence-corrected chi connectivity index (χ0v) is 21.5. The predicted molar refractivity (Wildman–Crippen MR) is 142 cm³/mol. The summed E-state index contributed by atoms with van der Waals surface area (Å²) in [7, 11) is 0. The number of nitrogen functional groups attached to an aromatic ring is 1. The molecule has 0 aromatic heterocycles. The highest BCUT2D eigenvalue weighted by Crippen LogP contribution is 2.26. The summed E-state index contributed by atoms with van der Waals surface area (Å²) < 4.78 is 5.93. The molecule has 0 aliphatic rings. The molecule has 0 unspecified atom stereocenters. The molecular formula is C30H36N2O4. The van der Waals surface area contributed by atoms with Gasteiger partial charge in [-0.15, -0.1) is 0 Å².